The molecule has 0 radical (unpaired) electrons. The Morgan fingerprint density at radius 1 is 1.11 bits per heavy atom. The average molecular weight is 480 g/mol. The van der Waals surface area contributed by atoms with E-state index in [4.69, 9.17) is 18.6 Å². The summed E-state index contributed by atoms with van der Waals surface area (Å²) in [5.74, 6) is 1.49. The number of ether oxygens (including phenoxy) is 3. The number of carbonyl (C=O) groups is 2. The Hall–Kier alpha value is -3.48. The van der Waals surface area contributed by atoms with E-state index in [2.05, 4.69) is 5.32 Å². The summed E-state index contributed by atoms with van der Waals surface area (Å²) in [6.07, 6.45) is 1.42. The number of hydrogen-bond donors (Lipinski definition) is 1. The Morgan fingerprint density at radius 2 is 1.86 bits per heavy atom. The number of benzene rings is 1. The first-order valence-electron chi connectivity index (χ1n) is 12.0. The second-order valence-corrected chi connectivity index (χ2v) is 9.20. The van der Waals surface area contributed by atoms with Gasteiger partial charge in [0.2, 0.25) is 0 Å². The molecule has 2 heterocycles. The minimum absolute atomic E-state index is 0.0149. The number of Topliss-reactive ketones (excluding diaryl/α,β-unsaturated/α-hetero) is 1. The van der Waals surface area contributed by atoms with Crippen LogP contribution in [0.25, 0.3) is 0 Å². The molecule has 0 saturated carbocycles. The van der Waals surface area contributed by atoms with Crippen molar-refractivity contribution in [2.75, 3.05) is 14.2 Å². The van der Waals surface area contributed by atoms with Crippen molar-refractivity contribution >= 4 is 11.8 Å². The Morgan fingerprint density at radius 3 is 2.49 bits per heavy atom. The molecule has 0 unspecified atom stereocenters. The molecule has 1 aromatic heterocycles. The van der Waals surface area contributed by atoms with Crippen molar-refractivity contribution in [2.45, 2.75) is 64.9 Å². The van der Waals surface area contributed by atoms with Gasteiger partial charge < -0.3 is 23.9 Å². The largest absolute Gasteiger partial charge is 0.493 e. The number of nitrogens with one attached hydrogen (secondary N) is 1. The number of hydrogen-bond acceptors (Lipinski definition) is 7. The van der Waals surface area contributed by atoms with Crippen molar-refractivity contribution in [2.24, 2.45) is 0 Å². The Labute approximate surface area is 206 Å². The molecule has 1 aliphatic carbocycles. The van der Waals surface area contributed by atoms with Crippen LogP contribution in [-0.2, 0) is 14.3 Å². The molecule has 0 bridgehead atoms. The summed E-state index contributed by atoms with van der Waals surface area (Å²) in [6.45, 7) is 7.53. The number of dihydropyridines is 1. The first kappa shape index (κ1) is 24.6. The smallest absolute Gasteiger partial charge is 0.337 e. The molecular formula is C28H33NO6. The van der Waals surface area contributed by atoms with E-state index in [1.165, 1.54) is 0 Å². The molecule has 4 rings (SSSR count). The van der Waals surface area contributed by atoms with Gasteiger partial charge in [0, 0.05) is 23.4 Å². The van der Waals surface area contributed by atoms with Crippen molar-refractivity contribution in [3.8, 4) is 11.5 Å². The number of ketones is 1. The highest BCUT2D eigenvalue weighted by Gasteiger charge is 2.43. The van der Waals surface area contributed by atoms with Crippen molar-refractivity contribution in [1.29, 1.82) is 0 Å². The minimum atomic E-state index is -0.602. The number of carbonyl (C=O) groups excluding carboxylic acids is 2. The molecule has 7 nitrogen and oxygen atoms in total. The highest BCUT2D eigenvalue weighted by molar-refractivity contribution is 6.04. The predicted molar refractivity (Wildman–Crippen MR) is 131 cm³/mol. The van der Waals surface area contributed by atoms with Crippen LogP contribution in [0.2, 0.25) is 0 Å². The lowest BCUT2D eigenvalue weighted by atomic mass is 9.73. The van der Waals surface area contributed by atoms with Crippen LogP contribution in [0.4, 0.5) is 0 Å². The second-order valence-electron chi connectivity index (χ2n) is 9.20. The molecule has 1 aliphatic heterocycles. The summed E-state index contributed by atoms with van der Waals surface area (Å²) in [5, 5.41) is 3.37. The second kappa shape index (κ2) is 10.0. The zero-order valence-electron chi connectivity index (χ0n) is 21.2. The first-order chi connectivity index (χ1) is 16.8. The van der Waals surface area contributed by atoms with Crippen LogP contribution in [0.5, 0.6) is 11.5 Å². The third-order valence-electron chi connectivity index (χ3n) is 6.86. The van der Waals surface area contributed by atoms with E-state index < -0.39 is 11.9 Å². The van der Waals surface area contributed by atoms with Gasteiger partial charge in [-0.1, -0.05) is 13.0 Å². The molecule has 3 atom stereocenters. The van der Waals surface area contributed by atoms with E-state index in [0.29, 0.717) is 53.4 Å². The van der Waals surface area contributed by atoms with E-state index in [9.17, 15) is 9.59 Å². The number of furan rings is 1. The summed E-state index contributed by atoms with van der Waals surface area (Å²) in [7, 11) is 3.20. The number of allylic oxidation sites excluding steroid dienone is 3. The summed E-state index contributed by atoms with van der Waals surface area (Å²) in [4.78, 5) is 26.9. The zero-order chi connectivity index (χ0) is 25.3. The fraction of sp³-hybridized carbons (Fsp3) is 0.429. The summed E-state index contributed by atoms with van der Waals surface area (Å²) < 4.78 is 22.5. The molecule has 2 aromatic rings. The molecule has 0 fully saturated rings. The molecule has 35 heavy (non-hydrogen) atoms. The molecule has 0 amide bonds. The van der Waals surface area contributed by atoms with E-state index in [-0.39, 0.29) is 17.8 Å². The quantitative estimate of drug-likeness (QED) is 0.539. The third kappa shape index (κ3) is 4.72. The van der Waals surface area contributed by atoms with Gasteiger partial charge in [-0.05, 0) is 69.4 Å². The van der Waals surface area contributed by atoms with Gasteiger partial charge in [0.25, 0.3) is 0 Å². The monoisotopic (exact) mass is 479 g/mol. The van der Waals surface area contributed by atoms with Crippen LogP contribution < -0.4 is 14.8 Å². The topological polar surface area (TPSA) is 87.0 Å². The lowest BCUT2D eigenvalue weighted by Crippen LogP contribution is -2.36. The SMILES string of the molecule is CC[C@H](C)OC(=O)C1=C(C)NC2=C(C(=O)C[C@H](c3ccc(OC)c(OC)c3)C2)[C@@H]1c1ccc(C)o1. The molecule has 7 heteroatoms. The van der Waals surface area contributed by atoms with Crippen molar-refractivity contribution < 1.29 is 28.2 Å². The van der Waals surface area contributed by atoms with Crippen LogP contribution in [0, 0.1) is 6.92 Å². The number of aryl methyl sites for hydroxylation is 1. The van der Waals surface area contributed by atoms with Gasteiger partial charge >= 0.3 is 5.97 Å². The van der Waals surface area contributed by atoms with Gasteiger partial charge in [-0.25, -0.2) is 4.79 Å². The Kier molecular flexibility index (Phi) is 7.05. The fourth-order valence-electron chi connectivity index (χ4n) is 4.87. The normalized spacial score (nSPS) is 20.8. The van der Waals surface area contributed by atoms with Gasteiger partial charge in [0.05, 0.1) is 31.8 Å². The van der Waals surface area contributed by atoms with Crippen molar-refractivity contribution in [3.63, 3.8) is 0 Å². The lowest BCUT2D eigenvalue weighted by molar-refractivity contribution is -0.144. The first-order valence-corrected chi connectivity index (χ1v) is 12.0. The van der Waals surface area contributed by atoms with E-state index >= 15 is 0 Å². The van der Waals surface area contributed by atoms with Crippen LogP contribution >= 0.6 is 0 Å². The summed E-state index contributed by atoms with van der Waals surface area (Å²) in [5.41, 5.74) is 3.50. The molecular weight excluding hydrogens is 446 g/mol. The highest BCUT2D eigenvalue weighted by Crippen LogP contribution is 2.46. The Bertz CT molecular complexity index is 1200. The number of esters is 1. The average Bonchev–Trinajstić information content (AvgIpc) is 3.28. The van der Waals surface area contributed by atoms with Gasteiger partial charge in [-0.3, -0.25) is 4.79 Å². The molecule has 1 N–H and O–H groups in total. The van der Waals surface area contributed by atoms with Crippen LogP contribution in [0.1, 0.15) is 69.0 Å². The van der Waals surface area contributed by atoms with E-state index in [1.54, 1.807) is 14.2 Å². The number of rotatable bonds is 7. The molecule has 186 valence electrons. The maximum Gasteiger partial charge on any atom is 0.337 e. The zero-order valence-corrected chi connectivity index (χ0v) is 21.2. The van der Waals surface area contributed by atoms with Gasteiger partial charge in [-0.2, -0.15) is 0 Å². The third-order valence-corrected chi connectivity index (χ3v) is 6.86. The molecule has 0 spiro atoms. The number of methoxy groups -OCH3 is 2. The molecule has 1 aromatic carbocycles. The van der Waals surface area contributed by atoms with E-state index in [1.807, 2.05) is 58.0 Å². The predicted octanol–water partition coefficient (Wildman–Crippen LogP) is 5.31. The molecule has 0 saturated heterocycles. The van der Waals surface area contributed by atoms with E-state index in [0.717, 1.165) is 17.0 Å². The maximum atomic E-state index is 13.7. The van der Waals surface area contributed by atoms with Gasteiger partial charge in [-0.15, -0.1) is 0 Å². The van der Waals surface area contributed by atoms with Crippen molar-refractivity contribution in [1.82, 2.24) is 5.32 Å². The van der Waals surface area contributed by atoms with Crippen LogP contribution in [-0.4, -0.2) is 32.1 Å². The lowest BCUT2D eigenvalue weighted by Gasteiger charge is -2.36. The highest BCUT2D eigenvalue weighted by atomic mass is 16.5. The summed E-state index contributed by atoms with van der Waals surface area (Å²) in [6, 6.07) is 9.45. The Balaban J connectivity index is 1.74. The minimum Gasteiger partial charge on any atom is -0.493 e. The maximum absolute atomic E-state index is 13.7. The van der Waals surface area contributed by atoms with Crippen LogP contribution in [0.3, 0.4) is 0 Å². The summed E-state index contributed by atoms with van der Waals surface area (Å²) >= 11 is 0. The van der Waals surface area contributed by atoms with Gasteiger partial charge in [0.1, 0.15) is 11.5 Å². The van der Waals surface area contributed by atoms with Crippen molar-refractivity contribution in [3.05, 3.63) is 70.0 Å². The molecule has 2 aliphatic rings. The fourth-order valence-corrected chi connectivity index (χ4v) is 4.87. The standard InChI is InChI=1S/C28H33NO6/c1-7-15(2)35-28(31)25-17(4)29-20-12-19(18-9-11-22(32-5)24(14-18)33-6)13-21(30)26(20)27(25)23-10-8-16(3)34-23/h8-11,14-15,19,27,29H,7,12-13H2,1-6H3/t15-,19+,27+/m0/s1. The van der Waals surface area contributed by atoms with Gasteiger partial charge in [0.15, 0.2) is 17.3 Å². The van der Waals surface area contributed by atoms with Crippen LogP contribution in [0.15, 0.2) is 57.3 Å².